The number of fused-ring (bicyclic) bond motifs is 1. The smallest absolute Gasteiger partial charge is 0.0751 e. The van der Waals surface area contributed by atoms with E-state index in [-0.39, 0.29) is 0 Å². The van der Waals surface area contributed by atoms with E-state index in [0.29, 0.717) is 6.04 Å². The summed E-state index contributed by atoms with van der Waals surface area (Å²) < 4.78 is 2.23. The molecule has 1 N–H and O–H groups in total. The fourth-order valence-electron chi connectivity index (χ4n) is 2.73. The van der Waals surface area contributed by atoms with Gasteiger partial charge in [0.2, 0.25) is 0 Å². The van der Waals surface area contributed by atoms with Crippen LogP contribution in [0.3, 0.4) is 0 Å². The van der Waals surface area contributed by atoms with Crippen molar-refractivity contribution in [3.8, 4) is 0 Å². The second-order valence-corrected chi connectivity index (χ2v) is 5.39. The summed E-state index contributed by atoms with van der Waals surface area (Å²) in [5, 5.41) is 4.64. The summed E-state index contributed by atoms with van der Waals surface area (Å²) in [5.41, 5.74) is 3.67. The van der Waals surface area contributed by atoms with E-state index in [1.165, 1.54) is 16.5 Å². The predicted molar refractivity (Wildman–Crippen MR) is 87.4 cm³/mol. The third-order valence-electron chi connectivity index (χ3n) is 3.85. The van der Waals surface area contributed by atoms with Crippen LogP contribution in [0.15, 0.2) is 55.0 Å². The minimum atomic E-state index is 0.391. The molecule has 3 heteroatoms. The van der Waals surface area contributed by atoms with Crippen molar-refractivity contribution >= 4 is 10.9 Å². The average molecular weight is 279 g/mol. The van der Waals surface area contributed by atoms with Gasteiger partial charge in [0.05, 0.1) is 5.52 Å². The maximum Gasteiger partial charge on any atom is 0.0751 e. The molecule has 0 aliphatic carbocycles. The summed E-state index contributed by atoms with van der Waals surface area (Å²) in [7, 11) is 0. The molecule has 3 rings (SSSR count). The van der Waals surface area contributed by atoms with Gasteiger partial charge in [-0.1, -0.05) is 31.2 Å². The fourth-order valence-corrected chi connectivity index (χ4v) is 2.73. The zero-order valence-electron chi connectivity index (χ0n) is 12.6. The van der Waals surface area contributed by atoms with Crippen LogP contribution in [0.5, 0.6) is 0 Å². The minimum Gasteiger partial charge on any atom is -0.349 e. The largest absolute Gasteiger partial charge is 0.349 e. The van der Waals surface area contributed by atoms with Crippen LogP contribution in [0.2, 0.25) is 0 Å². The molecule has 0 spiro atoms. The van der Waals surface area contributed by atoms with Crippen molar-refractivity contribution < 1.29 is 0 Å². The Bertz CT molecular complexity index is 725. The molecule has 2 heterocycles. The Morgan fingerprint density at radius 2 is 2.05 bits per heavy atom. The number of nitrogens with zero attached hydrogens (tertiary/aromatic N) is 2. The maximum atomic E-state index is 4.52. The molecule has 0 saturated heterocycles. The van der Waals surface area contributed by atoms with Crippen molar-refractivity contribution in [3.63, 3.8) is 0 Å². The molecule has 2 aromatic heterocycles. The first kappa shape index (κ1) is 13.8. The lowest BCUT2D eigenvalue weighted by molar-refractivity contribution is 0.596. The number of nitrogens with one attached hydrogen (secondary N) is 1. The number of hydrogen-bond acceptors (Lipinski definition) is 2. The van der Waals surface area contributed by atoms with Gasteiger partial charge in [0, 0.05) is 36.6 Å². The van der Waals surface area contributed by atoms with Crippen LogP contribution in [0.25, 0.3) is 10.9 Å². The van der Waals surface area contributed by atoms with Crippen LogP contribution in [0, 0.1) is 0 Å². The average Bonchev–Trinajstić information content (AvgIpc) is 2.97. The summed E-state index contributed by atoms with van der Waals surface area (Å²) >= 11 is 0. The van der Waals surface area contributed by atoms with Gasteiger partial charge in [0.1, 0.15) is 0 Å². The van der Waals surface area contributed by atoms with Gasteiger partial charge >= 0.3 is 0 Å². The summed E-state index contributed by atoms with van der Waals surface area (Å²) in [5.74, 6) is 0. The van der Waals surface area contributed by atoms with Crippen molar-refractivity contribution in [1.29, 1.82) is 0 Å². The number of benzene rings is 1. The second kappa shape index (κ2) is 6.10. The Labute approximate surface area is 125 Å². The van der Waals surface area contributed by atoms with Crippen molar-refractivity contribution in [1.82, 2.24) is 14.9 Å². The van der Waals surface area contributed by atoms with Gasteiger partial charge in [-0.25, -0.2) is 0 Å². The number of rotatable bonds is 5. The summed E-state index contributed by atoms with van der Waals surface area (Å²) in [6, 6.07) is 13.0. The van der Waals surface area contributed by atoms with Gasteiger partial charge in [-0.05, 0) is 36.7 Å². The molecule has 108 valence electrons. The fraction of sp³-hybridized carbons (Fsp3) is 0.278. The van der Waals surface area contributed by atoms with E-state index in [2.05, 4.69) is 71.4 Å². The molecule has 0 fully saturated rings. The minimum absolute atomic E-state index is 0.391. The normalized spacial score (nSPS) is 12.7. The van der Waals surface area contributed by atoms with Crippen LogP contribution in [0.1, 0.15) is 31.0 Å². The van der Waals surface area contributed by atoms with Crippen LogP contribution in [-0.2, 0) is 6.54 Å². The first-order valence-electron chi connectivity index (χ1n) is 7.49. The standard InChI is InChI=1S/C18H21N3/c1-3-19-14(2)16-9-11-21(12-16)13-17-7-4-6-15-8-5-10-20-18(15)17/h4-12,14,19H,3,13H2,1-2H3. The zero-order chi connectivity index (χ0) is 14.7. The quantitative estimate of drug-likeness (QED) is 0.770. The molecular weight excluding hydrogens is 258 g/mol. The third-order valence-corrected chi connectivity index (χ3v) is 3.85. The van der Waals surface area contributed by atoms with E-state index in [0.717, 1.165) is 18.6 Å². The first-order chi connectivity index (χ1) is 10.3. The summed E-state index contributed by atoms with van der Waals surface area (Å²) in [4.78, 5) is 4.52. The number of pyridine rings is 1. The monoisotopic (exact) mass is 279 g/mol. The molecule has 1 unspecified atom stereocenters. The molecule has 0 saturated carbocycles. The van der Waals surface area contributed by atoms with Gasteiger partial charge in [-0.15, -0.1) is 0 Å². The van der Waals surface area contributed by atoms with Gasteiger partial charge in [-0.2, -0.15) is 0 Å². The Balaban J connectivity index is 1.86. The van der Waals surface area contributed by atoms with Crippen LogP contribution in [-0.4, -0.2) is 16.1 Å². The van der Waals surface area contributed by atoms with Gasteiger partial charge in [0.25, 0.3) is 0 Å². The zero-order valence-corrected chi connectivity index (χ0v) is 12.6. The highest BCUT2D eigenvalue weighted by Crippen LogP contribution is 2.19. The number of aromatic nitrogens is 2. The van der Waals surface area contributed by atoms with Gasteiger partial charge in [0.15, 0.2) is 0 Å². The van der Waals surface area contributed by atoms with E-state index in [4.69, 9.17) is 0 Å². The third kappa shape index (κ3) is 2.98. The molecule has 0 radical (unpaired) electrons. The molecule has 21 heavy (non-hydrogen) atoms. The molecular formula is C18H21N3. The molecule has 0 amide bonds. The van der Waals surface area contributed by atoms with E-state index in [9.17, 15) is 0 Å². The highest BCUT2D eigenvalue weighted by molar-refractivity contribution is 5.81. The Morgan fingerprint density at radius 1 is 1.19 bits per heavy atom. The maximum absolute atomic E-state index is 4.52. The van der Waals surface area contributed by atoms with Gasteiger partial charge < -0.3 is 9.88 Å². The molecule has 0 aliphatic rings. The molecule has 1 aromatic carbocycles. The molecule has 0 bridgehead atoms. The lowest BCUT2D eigenvalue weighted by Crippen LogP contribution is -2.17. The van der Waals surface area contributed by atoms with Crippen molar-refractivity contribution in [2.24, 2.45) is 0 Å². The van der Waals surface area contributed by atoms with Gasteiger partial charge in [-0.3, -0.25) is 4.98 Å². The molecule has 3 aromatic rings. The van der Waals surface area contributed by atoms with Crippen LogP contribution < -0.4 is 5.32 Å². The van der Waals surface area contributed by atoms with E-state index < -0.39 is 0 Å². The predicted octanol–water partition coefficient (Wildman–Crippen LogP) is 3.76. The summed E-state index contributed by atoms with van der Waals surface area (Å²) in [6.45, 7) is 6.17. The Morgan fingerprint density at radius 3 is 2.90 bits per heavy atom. The first-order valence-corrected chi connectivity index (χ1v) is 7.49. The molecule has 1 atom stereocenters. The van der Waals surface area contributed by atoms with E-state index in [1.807, 2.05) is 12.3 Å². The number of para-hydroxylation sites is 1. The van der Waals surface area contributed by atoms with Crippen molar-refractivity contribution in [3.05, 3.63) is 66.1 Å². The molecule has 3 nitrogen and oxygen atoms in total. The van der Waals surface area contributed by atoms with E-state index in [1.54, 1.807) is 0 Å². The van der Waals surface area contributed by atoms with Crippen molar-refractivity contribution in [2.45, 2.75) is 26.4 Å². The van der Waals surface area contributed by atoms with Crippen LogP contribution >= 0.6 is 0 Å². The Hall–Kier alpha value is -2.13. The highest BCUT2D eigenvalue weighted by atomic mass is 15.0. The lowest BCUT2D eigenvalue weighted by Gasteiger charge is -2.10. The lowest BCUT2D eigenvalue weighted by atomic mass is 10.1. The molecule has 0 aliphatic heterocycles. The Kier molecular flexibility index (Phi) is 4.02. The number of hydrogen-bond donors (Lipinski definition) is 1. The SMILES string of the molecule is CCNC(C)c1ccn(Cc2cccc3cccnc23)c1. The van der Waals surface area contributed by atoms with Crippen molar-refractivity contribution in [2.75, 3.05) is 6.54 Å². The second-order valence-electron chi connectivity index (χ2n) is 5.39. The summed E-state index contributed by atoms with van der Waals surface area (Å²) in [6.07, 6.45) is 6.22. The van der Waals surface area contributed by atoms with Crippen LogP contribution in [0.4, 0.5) is 0 Å². The topological polar surface area (TPSA) is 29.9 Å². The van der Waals surface area contributed by atoms with E-state index >= 15 is 0 Å². The highest BCUT2D eigenvalue weighted by Gasteiger charge is 2.07.